The Bertz CT molecular complexity index is 554. The highest BCUT2D eigenvalue weighted by Crippen LogP contribution is 2.30. The molecule has 2 rings (SSSR count). The molecule has 3 N–H and O–H groups in total. The molecule has 0 bridgehead atoms. The molecule has 7 heteroatoms. The molecule has 7 nitrogen and oxygen atoms in total. The van der Waals surface area contributed by atoms with Crippen molar-refractivity contribution >= 4 is 12.2 Å². The Kier molecular flexibility index (Phi) is 4.97. The zero-order chi connectivity index (χ0) is 16.3. The Morgan fingerprint density at radius 3 is 2.82 bits per heavy atom. The molecule has 0 fully saturated rings. The van der Waals surface area contributed by atoms with Gasteiger partial charge in [0.2, 0.25) is 0 Å². The first-order chi connectivity index (χ1) is 10.4. The van der Waals surface area contributed by atoms with E-state index in [2.05, 4.69) is 29.2 Å². The average Bonchev–Trinajstić information content (AvgIpc) is 2.75. The molecule has 0 spiro atoms. The zero-order valence-electron chi connectivity index (χ0n) is 13.5. The van der Waals surface area contributed by atoms with E-state index in [1.165, 1.54) is 0 Å². The number of nitrogens with zero attached hydrogens (tertiary/aromatic N) is 3. The summed E-state index contributed by atoms with van der Waals surface area (Å²) in [6.07, 6.45) is 1.42. The molecule has 0 saturated heterocycles. The standard InChI is InChI=1S/C15H25N5O2/c1-11(2)19-7-12-6-13(14(16)22)18-20(12)10-15(9-19,4-5-21)8-17-3/h5-6,11,17H,4,7-10H2,1-3H3,(H2,16,22). The molecule has 0 saturated carbocycles. The zero-order valence-corrected chi connectivity index (χ0v) is 13.5. The minimum atomic E-state index is -0.522. The molecule has 1 aromatic heterocycles. The summed E-state index contributed by atoms with van der Waals surface area (Å²) in [7, 11) is 1.88. The highest BCUT2D eigenvalue weighted by atomic mass is 16.1. The Hall–Kier alpha value is -1.73. The van der Waals surface area contributed by atoms with Gasteiger partial charge in [-0.1, -0.05) is 0 Å². The fourth-order valence-electron chi connectivity index (χ4n) is 3.13. The van der Waals surface area contributed by atoms with Gasteiger partial charge in [-0.15, -0.1) is 0 Å². The van der Waals surface area contributed by atoms with E-state index in [4.69, 9.17) is 5.73 Å². The van der Waals surface area contributed by atoms with Crippen LogP contribution >= 0.6 is 0 Å². The van der Waals surface area contributed by atoms with Crippen molar-refractivity contribution in [1.29, 1.82) is 0 Å². The molecule has 22 heavy (non-hydrogen) atoms. The Morgan fingerprint density at radius 1 is 1.55 bits per heavy atom. The van der Waals surface area contributed by atoms with E-state index in [-0.39, 0.29) is 11.1 Å². The number of hydrogen-bond acceptors (Lipinski definition) is 5. The molecule has 1 atom stereocenters. The maximum Gasteiger partial charge on any atom is 0.269 e. The Morgan fingerprint density at radius 2 is 2.27 bits per heavy atom. The van der Waals surface area contributed by atoms with Crippen LogP contribution in [0.3, 0.4) is 0 Å². The SMILES string of the molecule is CNCC1(CC=O)CN(C(C)C)Cc2cc(C(N)=O)nn2C1. The molecule has 0 aromatic carbocycles. The number of amides is 1. The van der Waals surface area contributed by atoms with Crippen LogP contribution < -0.4 is 11.1 Å². The summed E-state index contributed by atoms with van der Waals surface area (Å²) in [4.78, 5) is 24.9. The number of carbonyl (C=O) groups excluding carboxylic acids is 2. The van der Waals surface area contributed by atoms with E-state index in [1.54, 1.807) is 6.07 Å². The van der Waals surface area contributed by atoms with Gasteiger partial charge in [-0.2, -0.15) is 5.10 Å². The first kappa shape index (κ1) is 16.6. The summed E-state index contributed by atoms with van der Waals surface area (Å²) in [5.74, 6) is -0.522. The summed E-state index contributed by atoms with van der Waals surface area (Å²) in [6, 6.07) is 2.09. The van der Waals surface area contributed by atoms with Gasteiger partial charge in [0, 0.05) is 44.1 Å². The molecular weight excluding hydrogens is 282 g/mol. The summed E-state index contributed by atoms with van der Waals surface area (Å²) in [5, 5.41) is 7.53. The van der Waals surface area contributed by atoms with Crippen molar-refractivity contribution < 1.29 is 9.59 Å². The van der Waals surface area contributed by atoms with Crippen molar-refractivity contribution in [2.45, 2.75) is 39.4 Å². The van der Waals surface area contributed by atoms with Crippen LogP contribution in [0.15, 0.2) is 6.07 Å². The predicted octanol–water partition coefficient (Wildman–Crippen LogP) is 0.000800. The van der Waals surface area contributed by atoms with Crippen LogP contribution in [0.25, 0.3) is 0 Å². The second-order valence-electron chi connectivity index (χ2n) is 6.44. The maximum absolute atomic E-state index is 11.4. The molecule has 1 unspecified atom stereocenters. The van der Waals surface area contributed by atoms with Gasteiger partial charge in [0.1, 0.15) is 12.0 Å². The van der Waals surface area contributed by atoms with Crippen LogP contribution in [0.5, 0.6) is 0 Å². The van der Waals surface area contributed by atoms with Crippen molar-refractivity contribution in [1.82, 2.24) is 20.0 Å². The minimum Gasteiger partial charge on any atom is -0.364 e. The molecule has 1 amide bonds. The predicted molar refractivity (Wildman–Crippen MR) is 83.3 cm³/mol. The van der Waals surface area contributed by atoms with E-state index in [0.717, 1.165) is 18.5 Å². The van der Waals surface area contributed by atoms with Crippen LogP contribution in [0.2, 0.25) is 0 Å². The highest BCUT2D eigenvalue weighted by molar-refractivity contribution is 5.90. The van der Waals surface area contributed by atoms with E-state index < -0.39 is 5.91 Å². The number of rotatable bonds is 6. The van der Waals surface area contributed by atoms with Gasteiger partial charge in [-0.05, 0) is 27.0 Å². The number of nitrogens with two attached hydrogens (primary N) is 1. The summed E-state index contributed by atoms with van der Waals surface area (Å²) in [5.41, 5.74) is 6.35. The fourth-order valence-corrected chi connectivity index (χ4v) is 3.13. The summed E-state index contributed by atoms with van der Waals surface area (Å²) >= 11 is 0. The smallest absolute Gasteiger partial charge is 0.269 e. The third-order valence-electron chi connectivity index (χ3n) is 4.30. The molecule has 122 valence electrons. The molecule has 0 aliphatic carbocycles. The second-order valence-corrected chi connectivity index (χ2v) is 6.44. The van der Waals surface area contributed by atoms with Gasteiger partial charge >= 0.3 is 0 Å². The highest BCUT2D eigenvalue weighted by Gasteiger charge is 2.37. The number of hydrogen-bond donors (Lipinski definition) is 2. The lowest BCUT2D eigenvalue weighted by molar-refractivity contribution is -0.110. The normalized spacial score (nSPS) is 22.4. The largest absolute Gasteiger partial charge is 0.364 e. The van der Waals surface area contributed by atoms with Crippen molar-refractivity contribution in [2.24, 2.45) is 11.1 Å². The van der Waals surface area contributed by atoms with Crippen LogP contribution in [-0.2, 0) is 17.9 Å². The third kappa shape index (κ3) is 3.36. The molecule has 2 heterocycles. The van der Waals surface area contributed by atoms with Gasteiger partial charge in [0.25, 0.3) is 5.91 Å². The van der Waals surface area contributed by atoms with Crippen LogP contribution in [-0.4, -0.2) is 53.1 Å². The van der Waals surface area contributed by atoms with E-state index in [0.29, 0.717) is 32.1 Å². The lowest BCUT2D eigenvalue weighted by atomic mass is 9.84. The van der Waals surface area contributed by atoms with Crippen LogP contribution in [0, 0.1) is 5.41 Å². The fraction of sp³-hybridized carbons (Fsp3) is 0.667. The number of carbonyl (C=O) groups is 2. The summed E-state index contributed by atoms with van der Waals surface area (Å²) < 4.78 is 1.84. The lowest BCUT2D eigenvalue weighted by Crippen LogP contribution is -2.46. The third-order valence-corrected chi connectivity index (χ3v) is 4.30. The number of aldehydes is 1. The number of fused-ring (bicyclic) bond motifs is 1. The van der Waals surface area contributed by atoms with E-state index >= 15 is 0 Å². The van der Waals surface area contributed by atoms with Gasteiger partial charge in [-0.3, -0.25) is 14.4 Å². The summed E-state index contributed by atoms with van der Waals surface area (Å²) in [6.45, 7) is 7.07. The number of nitrogens with one attached hydrogen (secondary N) is 1. The van der Waals surface area contributed by atoms with Crippen molar-refractivity contribution in [2.75, 3.05) is 20.1 Å². The number of primary amides is 1. The molecule has 1 aliphatic heterocycles. The second kappa shape index (κ2) is 6.58. The van der Waals surface area contributed by atoms with Gasteiger partial charge in [0.15, 0.2) is 0 Å². The average molecular weight is 307 g/mol. The van der Waals surface area contributed by atoms with Gasteiger partial charge in [0.05, 0.1) is 5.69 Å². The first-order valence-electron chi connectivity index (χ1n) is 7.59. The van der Waals surface area contributed by atoms with Crippen molar-refractivity contribution in [3.05, 3.63) is 17.5 Å². The van der Waals surface area contributed by atoms with Crippen LogP contribution in [0.1, 0.15) is 36.5 Å². The Labute approximate surface area is 130 Å². The first-order valence-corrected chi connectivity index (χ1v) is 7.59. The van der Waals surface area contributed by atoms with Crippen molar-refractivity contribution in [3.63, 3.8) is 0 Å². The van der Waals surface area contributed by atoms with E-state index in [1.807, 2.05) is 11.7 Å². The Balaban J connectivity index is 2.44. The molecule has 0 radical (unpaired) electrons. The lowest BCUT2D eigenvalue weighted by Gasteiger charge is -2.36. The molecule has 1 aliphatic rings. The molecular formula is C15H25N5O2. The topological polar surface area (TPSA) is 93.2 Å². The minimum absolute atomic E-state index is 0.243. The molecule has 1 aromatic rings. The van der Waals surface area contributed by atoms with Gasteiger partial charge in [-0.25, -0.2) is 0 Å². The monoisotopic (exact) mass is 307 g/mol. The quantitative estimate of drug-likeness (QED) is 0.722. The van der Waals surface area contributed by atoms with E-state index in [9.17, 15) is 9.59 Å². The number of aromatic nitrogens is 2. The maximum atomic E-state index is 11.4. The van der Waals surface area contributed by atoms with Gasteiger partial charge < -0.3 is 15.8 Å². The van der Waals surface area contributed by atoms with Crippen molar-refractivity contribution in [3.8, 4) is 0 Å². The van der Waals surface area contributed by atoms with Crippen LogP contribution in [0.4, 0.5) is 0 Å².